The predicted molar refractivity (Wildman–Crippen MR) is 92.7 cm³/mol. The number of aromatic carboxylic acids is 1. The third kappa shape index (κ3) is 2.42. The average molecular weight is 336 g/mol. The normalized spacial score (nSPS) is 13.4. The third-order valence-electron chi connectivity index (χ3n) is 4.52. The van der Waals surface area contributed by atoms with Crippen LogP contribution in [0.15, 0.2) is 42.5 Å². The maximum atomic E-state index is 12.2. The molecule has 126 valence electrons. The molecule has 3 aromatic rings. The number of aromatic nitrogens is 1. The van der Waals surface area contributed by atoms with Crippen molar-refractivity contribution in [3.8, 4) is 17.0 Å². The lowest BCUT2D eigenvalue weighted by atomic mass is 10.0. The van der Waals surface area contributed by atoms with Gasteiger partial charge in [-0.2, -0.15) is 0 Å². The minimum Gasteiger partial charge on any atom is -0.496 e. The fourth-order valence-corrected chi connectivity index (χ4v) is 3.34. The van der Waals surface area contributed by atoms with E-state index in [4.69, 9.17) is 4.74 Å². The maximum absolute atomic E-state index is 12.2. The summed E-state index contributed by atoms with van der Waals surface area (Å²) in [6, 6.07) is 12.6. The van der Waals surface area contributed by atoms with Crippen LogP contribution in [0.1, 0.15) is 15.9 Å². The predicted octanol–water partition coefficient (Wildman–Crippen LogP) is 2.64. The molecular weight excluding hydrogens is 320 g/mol. The highest BCUT2D eigenvalue weighted by Crippen LogP contribution is 2.38. The highest BCUT2D eigenvalue weighted by atomic mass is 16.5. The van der Waals surface area contributed by atoms with Crippen LogP contribution in [0.4, 0.5) is 0 Å². The zero-order chi connectivity index (χ0) is 17.6. The van der Waals surface area contributed by atoms with Crippen LogP contribution in [0, 0.1) is 0 Å². The number of hydrogen-bond donors (Lipinski definition) is 2. The van der Waals surface area contributed by atoms with Gasteiger partial charge in [-0.05, 0) is 29.8 Å². The second kappa shape index (κ2) is 5.66. The molecular formula is C19H16N2O4. The Labute approximate surface area is 143 Å². The second-order valence-electron chi connectivity index (χ2n) is 5.97. The lowest BCUT2D eigenvalue weighted by Crippen LogP contribution is -2.29. The van der Waals surface area contributed by atoms with Crippen molar-refractivity contribution in [3.63, 3.8) is 0 Å². The van der Waals surface area contributed by atoms with Crippen molar-refractivity contribution < 1.29 is 19.4 Å². The Morgan fingerprint density at radius 1 is 1.24 bits per heavy atom. The van der Waals surface area contributed by atoms with E-state index in [0.717, 1.165) is 28.0 Å². The van der Waals surface area contributed by atoms with Crippen molar-refractivity contribution >= 4 is 22.8 Å². The van der Waals surface area contributed by atoms with Gasteiger partial charge in [0.1, 0.15) is 12.3 Å². The third-order valence-corrected chi connectivity index (χ3v) is 4.52. The molecule has 1 aromatic heterocycles. The minimum absolute atomic E-state index is 0.118. The molecule has 2 aromatic carbocycles. The fraction of sp³-hybridized carbons (Fsp3) is 0.158. The van der Waals surface area contributed by atoms with Crippen LogP contribution in [0.3, 0.4) is 0 Å². The van der Waals surface area contributed by atoms with Crippen LogP contribution in [-0.4, -0.2) is 28.7 Å². The monoisotopic (exact) mass is 336 g/mol. The first kappa shape index (κ1) is 15.3. The van der Waals surface area contributed by atoms with Gasteiger partial charge in [-0.3, -0.25) is 4.79 Å². The molecule has 0 spiro atoms. The molecule has 0 fully saturated rings. The first-order valence-electron chi connectivity index (χ1n) is 7.88. The Morgan fingerprint density at radius 3 is 2.84 bits per heavy atom. The first-order chi connectivity index (χ1) is 12.1. The number of rotatable bonds is 2. The van der Waals surface area contributed by atoms with Crippen molar-refractivity contribution in [2.24, 2.45) is 0 Å². The maximum Gasteiger partial charge on any atom is 0.335 e. The largest absolute Gasteiger partial charge is 0.496 e. The minimum atomic E-state index is -0.995. The van der Waals surface area contributed by atoms with Gasteiger partial charge >= 0.3 is 5.97 Å². The smallest absolute Gasteiger partial charge is 0.335 e. The number of carbonyl (C=O) groups is 2. The molecule has 6 nitrogen and oxygen atoms in total. The molecule has 0 atom stereocenters. The topological polar surface area (TPSA) is 80.6 Å². The van der Waals surface area contributed by atoms with E-state index in [0.29, 0.717) is 12.1 Å². The van der Waals surface area contributed by atoms with Gasteiger partial charge in [0.25, 0.3) is 0 Å². The molecule has 25 heavy (non-hydrogen) atoms. The summed E-state index contributed by atoms with van der Waals surface area (Å²) >= 11 is 0. The van der Waals surface area contributed by atoms with Crippen LogP contribution in [0.5, 0.6) is 5.75 Å². The highest BCUT2D eigenvalue weighted by Gasteiger charge is 2.22. The van der Waals surface area contributed by atoms with Crippen LogP contribution in [0.2, 0.25) is 0 Å². The molecule has 1 aliphatic heterocycles. The molecule has 1 amide bonds. The number of nitrogens with zero attached hydrogens (tertiary/aromatic N) is 1. The molecule has 0 bridgehead atoms. The number of amides is 1. The molecule has 1 aliphatic rings. The number of carboxylic acid groups (broad SMARTS) is 1. The summed E-state index contributed by atoms with van der Waals surface area (Å²) in [6.07, 6.45) is 0. The lowest BCUT2D eigenvalue weighted by molar-refractivity contribution is -0.121. The number of nitrogens with one attached hydrogen (secondary N) is 1. The van der Waals surface area contributed by atoms with Gasteiger partial charge in [-0.25, -0.2) is 4.79 Å². The number of hydrogen-bond acceptors (Lipinski definition) is 3. The SMILES string of the molecule is COc1cccc2c1-c1cc3ccc(C(=O)O)cc3n1CC(=O)NC2. The number of carboxylic acids is 1. The molecule has 4 rings (SSSR count). The summed E-state index contributed by atoms with van der Waals surface area (Å²) in [6.45, 7) is 0.548. The molecule has 0 unspecified atom stereocenters. The van der Waals surface area contributed by atoms with Crippen LogP contribution in [-0.2, 0) is 17.9 Å². The van der Waals surface area contributed by atoms with Gasteiger partial charge in [0, 0.05) is 23.0 Å². The van der Waals surface area contributed by atoms with Crippen molar-refractivity contribution in [1.82, 2.24) is 9.88 Å². The first-order valence-corrected chi connectivity index (χ1v) is 7.88. The number of ether oxygens (including phenoxy) is 1. The summed E-state index contributed by atoms with van der Waals surface area (Å²) in [4.78, 5) is 23.6. The molecule has 2 N–H and O–H groups in total. The van der Waals surface area contributed by atoms with E-state index in [9.17, 15) is 14.7 Å². The van der Waals surface area contributed by atoms with E-state index < -0.39 is 5.97 Å². The Balaban J connectivity index is 2.06. The summed E-state index contributed by atoms with van der Waals surface area (Å²) in [5.41, 5.74) is 3.62. The van der Waals surface area contributed by atoms with Crippen LogP contribution in [0.25, 0.3) is 22.2 Å². The van der Waals surface area contributed by atoms with Crippen molar-refractivity contribution in [1.29, 1.82) is 0 Å². The van der Waals surface area contributed by atoms with E-state index in [1.165, 1.54) is 0 Å². The number of benzene rings is 2. The Bertz CT molecular complexity index is 1020. The lowest BCUT2D eigenvalue weighted by Gasteiger charge is -2.20. The summed E-state index contributed by atoms with van der Waals surface area (Å²) in [7, 11) is 1.61. The standard InChI is InChI=1S/C19H16N2O4/c1-25-16-4-2-3-13-9-20-17(22)10-21-14-8-12(19(23)24)6-5-11(14)7-15(21)18(13)16/h2-8H,9-10H2,1H3,(H,20,22)(H,23,24). The molecule has 0 aliphatic carbocycles. The van der Waals surface area contributed by atoms with E-state index in [-0.39, 0.29) is 18.0 Å². The van der Waals surface area contributed by atoms with Crippen molar-refractivity contribution in [2.45, 2.75) is 13.1 Å². The number of carbonyl (C=O) groups excluding carboxylic acids is 1. The zero-order valence-corrected chi connectivity index (χ0v) is 13.6. The highest BCUT2D eigenvalue weighted by molar-refractivity contribution is 5.97. The molecule has 6 heteroatoms. The van der Waals surface area contributed by atoms with E-state index >= 15 is 0 Å². The Morgan fingerprint density at radius 2 is 2.08 bits per heavy atom. The summed E-state index contributed by atoms with van der Waals surface area (Å²) < 4.78 is 7.38. The van der Waals surface area contributed by atoms with E-state index in [1.807, 2.05) is 28.8 Å². The van der Waals surface area contributed by atoms with Crippen molar-refractivity contribution in [3.05, 3.63) is 53.6 Å². The van der Waals surface area contributed by atoms with Gasteiger partial charge in [0.15, 0.2) is 0 Å². The van der Waals surface area contributed by atoms with Gasteiger partial charge in [0.2, 0.25) is 5.91 Å². The quantitative estimate of drug-likeness (QED) is 0.754. The van der Waals surface area contributed by atoms with Crippen LogP contribution < -0.4 is 10.1 Å². The Kier molecular flexibility index (Phi) is 3.46. The van der Waals surface area contributed by atoms with Gasteiger partial charge in [0.05, 0.1) is 18.4 Å². The molecule has 2 heterocycles. The Hall–Kier alpha value is -3.28. The van der Waals surface area contributed by atoms with E-state index in [2.05, 4.69) is 5.32 Å². The second-order valence-corrected chi connectivity index (χ2v) is 5.97. The zero-order valence-electron chi connectivity index (χ0n) is 13.6. The molecule has 0 saturated carbocycles. The van der Waals surface area contributed by atoms with Gasteiger partial charge < -0.3 is 19.7 Å². The summed E-state index contributed by atoms with van der Waals surface area (Å²) in [5, 5.41) is 13.0. The molecule has 0 saturated heterocycles. The van der Waals surface area contributed by atoms with E-state index in [1.54, 1.807) is 25.3 Å². The number of fused-ring (bicyclic) bond motifs is 5. The number of methoxy groups -OCH3 is 1. The summed E-state index contributed by atoms with van der Waals surface area (Å²) in [5.74, 6) is -0.394. The van der Waals surface area contributed by atoms with Crippen molar-refractivity contribution in [2.75, 3.05) is 7.11 Å². The van der Waals surface area contributed by atoms with Crippen LogP contribution >= 0.6 is 0 Å². The van der Waals surface area contributed by atoms with Gasteiger partial charge in [-0.15, -0.1) is 0 Å². The fourth-order valence-electron chi connectivity index (χ4n) is 3.34. The average Bonchev–Trinajstić information content (AvgIpc) is 2.95. The van der Waals surface area contributed by atoms with Gasteiger partial charge in [-0.1, -0.05) is 18.2 Å². The molecule has 0 radical (unpaired) electrons.